The van der Waals surface area contributed by atoms with Gasteiger partial charge in [0.05, 0.1) is 4.92 Å². The number of hydrogen-bond acceptors (Lipinski definition) is 5. The van der Waals surface area contributed by atoms with Gasteiger partial charge in [-0.15, -0.1) is 0 Å². The molecule has 11 heteroatoms. The van der Waals surface area contributed by atoms with Crippen LogP contribution in [0.25, 0.3) is 0 Å². The third-order valence-corrected chi connectivity index (χ3v) is 3.68. The minimum atomic E-state index is -4.73. The Bertz CT molecular complexity index is 653. The number of nitrogens with one attached hydrogen (secondary N) is 1. The predicted octanol–water partition coefficient (Wildman–Crippen LogP) is 2.49. The summed E-state index contributed by atoms with van der Waals surface area (Å²) in [5.41, 5.74) is -2.00. The van der Waals surface area contributed by atoms with Crippen LogP contribution >= 0.6 is 0 Å². The van der Waals surface area contributed by atoms with Gasteiger partial charge in [-0.25, -0.2) is 9.78 Å². The number of pyridine rings is 1. The van der Waals surface area contributed by atoms with Crippen LogP contribution in [-0.4, -0.2) is 40.2 Å². The second-order valence-corrected chi connectivity index (χ2v) is 5.71. The summed E-state index contributed by atoms with van der Waals surface area (Å²) in [5.74, 6) is -0.0577. The zero-order valence-corrected chi connectivity index (χ0v) is 12.6. The van der Waals surface area contributed by atoms with E-state index in [0.29, 0.717) is 18.7 Å². The van der Waals surface area contributed by atoms with Crippen LogP contribution in [0.5, 0.6) is 0 Å². The molecule has 1 aliphatic heterocycles. The standard InChI is InChI=1S/C13H15F3N4O4/c1-7-2-8(18-12(21)22)6-19(5-7)9-3-11(13(14,15)16)17-4-10(9)20(23)24/h3-4,7-8,18H,2,5-6H2,1H3,(H,21,22)/t7-,8+/m1/s1. The number of carboxylic acid groups (broad SMARTS) is 1. The fourth-order valence-corrected chi connectivity index (χ4v) is 2.81. The second-order valence-electron chi connectivity index (χ2n) is 5.71. The van der Waals surface area contributed by atoms with Gasteiger partial charge in [-0.05, 0) is 18.4 Å². The maximum atomic E-state index is 12.9. The molecular weight excluding hydrogens is 333 g/mol. The molecule has 0 unspecified atom stereocenters. The van der Waals surface area contributed by atoms with Gasteiger partial charge in [0.1, 0.15) is 17.6 Å². The van der Waals surface area contributed by atoms with Gasteiger partial charge in [0.2, 0.25) is 0 Å². The van der Waals surface area contributed by atoms with Gasteiger partial charge < -0.3 is 15.3 Å². The van der Waals surface area contributed by atoms with Crippen LogP contribution < -0.4 is 10.2 Å². The van der Waals surface area contributed by atoms with E-state index < -0.39 is 34.6 Å². The molecule has 1 aromatic rings. The molecule has 0 aromatic carbocycles. The molecular formula is C13H15F3N4O4. The summed E-state index contributed by atoms with van der Waals surface area (Å²) in [7, 11) is 0. The summed E-state index contributed by atoms with van der Waals surface area (Å²) >= 11 is 0. The summed E-state index contributed by atoms with van der Waals surface area (Å²) in [6, 6.07) is 0.0990. The van der Waals surface area contributed by atoms with E-state index in [2.05, 4.69) is 10.3 Å². The number of rotatable bonds is 3. The molecule has 0 saturated carbocycles. The third kappa shape index (κ3) is 4.03. The molecule has 1 amide bonds. The zero-order valence-electron chi connectivity index (χ0n) is 12.6. The minimum Gasteiger partial charge on any atom is -0.465 e. The van der Waals surface area contributed by atoms with Gasteiger partial charge in [-0.1, -0.05) is 6.92 Å². The zero-order chi connectivity index (χ0) is 18.1. The summed E-state index contributed by atoms with van der Waals surface area (Å²) in [5, 5.41) is 22.2. The van der Waals surface area contributed by atoms with Crippen LogP contribution in [0.3, 0.4) is 0 Å². The normalized spacial score (nSPS) is 21.4. The number of nitrogens with zero attached hydrogens (tertiary/aromatic N) is 3. The Morgan fingerprint density at radius 1 is 1.50 bits per heavy atom. The van der Waals surface area contributed by atoms with Crippen LogP contribution in [0, 0.1) is 16.0 Å². The monoisotopic (exact) mass is 348 g/mol. The molecule has 2 N–H and O–H groups in total. The topological polar surface area (TPSA) is 109 Å². The van der Waals surface area contributed by atoms with Gasteiger partial charge in [-0.2, -0.15) is 13.2 Å². The Balaban J connectivity index is 2.40. The lowest BCUT2D eigenvalue weighted by molar-refractivity contribution is -0.384. The fourth-order valence-electron chi connectivity index (χ4n) is 2.81. The lowest BCUT2D eigenvalue weighted by atomic mass is 9.95. The van der Waals surface area contributed by atoms with E-state index in [9.17, 15) is 28.1 Å². The average molecular weight is 348 g/mol. The van der Waals surface area contributed by atoms with Crippen molar-refractivity contribution in [3.8, 4) is 0 Å². The number of anilines is 1. The highest BCUT2D eigenvalue weighted by Gasteiger charge is 2.36. The quantitative estimate of drug-likeness (QED) is 0.642. The molecule has 0 radical (unpaired) electrons. The maximum Gasteiger partial charge on any atom is 0.433 e. The van der Waals surface area contributed by atoms with Gasteiger partial charge in [0.15, 0.2) is 0 Å². The maximum absolute atomic E-state index is 12.9. The van der Waals surface area contributed by atoms with E-state index >= 15 is 0 Å². The second kappa shape index (κ2) is 6.49. The number of halogens is 3. The number of hydrogen-bond donors (Lipinski definition) is 2. The Hall–Kier alpha value is -2.59. The number of aromatic nitrogens is 1. The molecule has 24 heavy (non-hydrogen) atoms. The van der Waals surface area contributed by atoms with Crippen molar-refractivity contribution in [2.24, 2.45) is 5.92 Å². The van der Waals surface area contributed by atoms with Crippen molar-refractivity contribution in [2.75, 3.05) is 18.0 Å². The van der Waals surface area contributed by atoms with E-state index in [1.165, 1.54) is 4.90 Å². The van der Waals surface area contributed by atoms with Crippen molar-refractivity contribution in [3.63, 3.8) is 0 Å². The molecule has 2 heterocycles. The predicted molar refractivity (Wildman–Crippen MR) is 76.8 cm³/mol. The fraction of sp³-hybridized carbons (Fsp3) is 0.538. The first-order valence-electron chi connectivity index (χ1n) is 7.04. The lowest BCUT2D eigenvalue weighted by Crippen LogP contribution is -2.50. The molecule has 2 rings (SSSR count). The van der Waals surface area contributed by atoms with Crippen molar-refractivity contribution < 1.29 is 28.0 Å². The molecule has 0 spiro atoms. The van der Waals surface area contributed by atoms with Crippen LogP contribution in [0.4, 0.5) is 29.3 Å². The van der Waals surface area contributed by atoms with Crippen molar-refractivity contribution in [1.29, 1.82) is 0 Å². The van der Waals surface area contributed by atoms with Crippen molar-refractivity contribution in [2.45, 2.75) is 25.6 Å². The lowest BCUT2D eigenvalue weighted by Gasteiger charge is -2.37. The first-order valence-corrected chi connectivity index (χ1v) is 7.04. The van der Waals surface area contributed by atoms with Crippen LogP contribution in [0.2, 0.25) is 0 Å². The number of carbonyl (C=O) groups is 1. The highest BCUT2D eigenvalue weighted by molar-refractivity contribution is 5.66. The smallest absolute Gasteiger partial charge is 0.433 e. The van der Waals surface area contributed by atoms with E-state index in [1.807, 2.05) is 0 Å². The van der Waals surface area contributed by atoms with E-state index in [0.717, 1.165) is 0 Å². The third-order valence-electron chi connectivity index (χ3n) is 3.68. The summed E-state index contributed by atoms with van der Waals surface area (Å²) < 4.78 is 38.6. The molecule has 1 aliphatic rings. The van der Waals surface area contributed by atoms with Gasteiger partial charge in [0.25, 0.3) is 0 Å². The van der Waals surface area contributed by atoms with Gasteiger partial charge in [0, 0.05) is 19.1 Å². The SMILES string of the molecule is C[C@@H]1C[C@H](NC(=O)O)CN(c2cc(C(F)(F)F)ncc2[N+](=O)[O-])C1. The first kappa shape index (κ1) is 17.8. The Labute approximate surface area is 134 Å². The van der Waals surface area contributed by atoms with Crippen molar-refractivity contribution >= 4 is 17.5 Å². The number of nitro groups is 1. The van der Waals surface area contributed by atoms with Crippen molar-refractivity contribution in [3.05, 3.63) is 28.1 Å². The number of alkyl halides is 3. The molecule has 1 aromatic heterocycles. The van der Waals surface area contributed by atoms with Gasteiger partial charge >= 0.3 is 18.0 Å². The van der Waals surface area contributed by atoms with E-state index in [-0.39, 0.29) is 24.7 Å². The van der Waals surface area contributed by atoms with Crippen molar-refractivity contribution in [1.82, 2.24) is 10.3 Å². The average Bonchev–Trinajstić information content (AvgIpc) is 2.44. The first-order chi connectivity index (χ1) is 11.1. The van der Waals surface area contributed by atoms with E-state index in [4.69, 9.17) is 5.11 Å². The highest BCUT2D eigenvalue weighted by Crippen LogP contribution is 2.36. The van der Waals surface area contributed by atoms with Crippen LogP contribution in [0.1, 0.15) is 19.0 Å². The largest absolute Gasteiger partial charge is 0.465 e. The van der Waals surface area contributed by atoms with Crippen LogP contribution in [-0.2, 0) is 6.18 Å². The Morgan fingerprint density at radius 2 is 2.17 bits per heavy atom. The Morgan fingerprint density at radius 3 is 2.71 bits per heavy atom. The molecule has 8 nitrogen and oxygen atoms in total. The summed E-state index contributed by atoms with van der Waals surface area (Å²) in [6.45, 7) is 2.11. The molecule has 0 bridgehead atoms. The molecule has 1 saturated heterocycles. The number of amides is 1. The highest BCUT2D eigenvalue weighted by atomic mass is 19.4. The van der Waals surface area contributed by atoms with E-state index in [1.54, 1.807) is 6.92 Å². The summed E-state index contributed by atoms with van der Waals surface area (Å²) in [4.78, 5) is 25.6. The van der Waals surface area contributed by atoms with Crippen LogP contribution in [0.15, 0.2) is 12.3 Å². The minimum absolute atomic E-state index is 0.0405. The molecule has 0 aliphatic carbocycles. The molecule has 132 valence electrons. The number of piperidine rings is 1. The molecule has 1 fully saturated rings. The molecule has 2 atom stereocenters. The Kier molecular flexibility index (Phi) is 4.81. The summed E-state index contributed by atoms with van der Waals surface area (Å²) in [6.07, 6.45) is -4.91. The van der Waals surface area contributed by atoms with Gasteiger partial charge in [-0.3, -0.25) is 10.1 Å².